The summed E-state index contributed by atoms with van der Waals surface area (Å²) in [5.74, 6) is -2.07. The zero-order valence-electron chi connectivity index (χ0n) is 8.98. The van der Waals surface area contributed by atoms with Crippen LogP contribution in [-0.2, 0) is 14.6 Å². The van der Waals surface area contributed by atoms with Crippen LogP contribution in [-0.4, -0.2) is 40.9 Å². The molecule has 0 amide bonds. The monoisotopic (exact) mass is 279 g/mol. The van der Waals surface area contributed by atoms with E-state index < -0.39 is 51.2 Å². The van der Waals surface area contributed by atoms with Gasteiger partial charge in [0.1, 0.15) is 0 Å². The van der Waals surface area contributed by atoms with Crippen molar-refractivity contribution in [2.45, 2.75) is 11.7 Å². The Morgan fingerprint density at radius 2 is 2.33 bits per heavy atom. The van der Waals surface area contributed by atoms with Gasteiger partial charge >= 0.3 is 5.69 Å². The summed E-state index contributed by atoms with van der Waals surface area (Å²) in [6.45, 7) is -0.738. The molecule has 2 rings (SSSR count). The van der Waals surface area contributed by atoms with E-state index in [0.717, 1.165) is 6.20 Å². The summed E-state index contributed by atoms with van der Waals surface area (Å²) in [5, 5.41) is 8.83. The number of aliphatic hydroxyl groups excluding tert-OH is 1. The molecule has 1 aliphatic heterocycles. The Bertz CT molecular complexity index is 628. The van der Waals surface area contributed by atoms with Crippen molar-refractivity contribution in [1.29, 1.82) is 0 Å². The first kappa shape index (κ1) is 12.9. The lowest BCUT2D eigenvalue weighted by molar-refractivity contribution is -0.00820. The number of aromatic nitrogens is 2. The number of nitrogen functional groups attached to an aromatic ring is 1. The first-order valence-electron chi connectivity index (χ1n) is 4.87. The van der Waals surface area contributed by atoms with Crippen LogP contribution in [0.3, 0.4) is 0 Å². The van der Waals surface area contributed by atoms with Gasteiger partial charge in [-0.25, -0.2) is 17.6 Å². The second-order valence-electron chi connectivity index (χ2n) is 3.70. The molecule has 1 aromatic heterocycles. The molecule has 1 aromatic rings. The van der Waals surface area contributed by atoms with Crippen molar-refractivity contribution in [2.24, 2.45) is 0 Å². The molecule has 0 radical (unpaired) electrons. The van der Waals surface area contributed by atoms with Gasteiger partial charge in [0.15, 0.2) is 33.1 Å². The number of hydrogen-bond acceptors (Lipinski definition) is 7. The zero-order valence-corrected chi connectivity index (χ0v) is 9.80. The van der Waals surface area contributed by atoms with E-state index in [1.165, 1.54) is 0 Å². The van der Waals surface area contributed by atoms with Gasteiger partial charge in [0.05, 0.1) is 18.6 Å². The second kappa shape index (κ2) is 4.30. The van der Waals surface area contributed by atoms with E-state index in [1.807, 2.05) is 0 Å². The van der Waals surface area contributed by atoms with E-state index >= 15 is 0 Å². The van der Waals surface area contributed by atoms with Crippen LogP contribution in [0.15, 0.2) is 11.0 Å². The van der Waals surface area contributed by atoms with E-state index in [0.29, 0.717) is 4.57 Å². The smallest absolute Gasteiger partial charge is 0.351 e. The van der Waals surface area contributed by atoms with Crippen LogP contribution in [0.25, 0.3) is 0 Å². The van der Waals surface area contributed by atoms with E-state index in [9.17, 15) is 17.6 Å². The number of sulfone groups is 1. The number of hydrogen-bond donors (Lipinski definition) is 2. The number of aliphatic hydroxyl groups is 1. The van der Waals surface area contributed by atoms with Gasteiger partial charge < -0.3 is 15.6 Å². The highest BCUT2D eigenvalue weighted by Crippen LogP contribution is 2.25. The minimum atomic E-state index is -3.69. The molecule has 1 aliphatic rings. The summed E-state index contributed by atoms with van der Waals surface area (Å²) in [6, 6.07) is 0. The Morgan fingerprint density at radius 3 is 2.89 bits per heavy atom. The van der Waals surface area contributed by atoms with Crippen LogP contribution in [0.5, 0.6) is 0 Å². The highest BCUT2D eigenvalue weighted by Gasteiger charge is 2.40. The molecule has 0 spiro atoms. The fourth-order valence-electron chi connectivity index (χ4n) is 1.57. The van der Waals surface area contributed by atoms with Crippen LogP contribution in [0.1, 0.15) is 6.23 Å². The molecule has 0 bridgehead atoms. The van der Waals surface area contributed by atoms with Crippen LogP contribution >= 0.6 is 0 Å². The number of rotatable bonds is 2. The minimum Gasteiger partial charge on any atom is -0.393 e. The Hall–Kier alpha value is -1.52. The maximum Gasteiger partial charge on any atom is 0.351 e. The van der Waals surface area contributed by atoms with Gasteiger partial charge in [-0.05, 0) is 0 Å². The molecule has 0 aromatic carbocycles. The standard InChI is InChI=1S/C8H10FN3O5S/c9-4-1-12(8(14)11-7(4)10)5-3-18(15,16)6(2-13)17-5/h1,5-6,13H,2-3H2,(H2,10,11,14)/t5-,6+/m0/s1. The number of nitrogens with zero attached hydrogens (tertiary/aromatic N) is 2. The van der Waals surface area contributed by atoms with Gasteiger partial charge in [-0.2, -0.15) is 4.98 Å². The molecule has 100 valence electrons. The fraction of sp³-hybridized carbons (Fsp3) is 0.500. The molecule has 0 saturated carbocycles. The molecule has 8 nitrogen and oxygen atoms in total. The summed E-state index contributed by atoms with van der Waals surface area (Å²) in [5.41, 5.74) is 2.75. The second-order valence-corrected chi connectivity index (χ2v) is 5.88. The van der Waals surface area contributed by atoms with Gasteiger partial charge in [0.2, 0.25) is 0 Å². The van der Waals surface area contributed by atoms with Crippen molar-refractivity contribution < 1.29 is 22.7 Å². The molecular weight excluding hydrogens is 269 g/mol. The van der Waals surface area contributed by atoms with Crippen molar-refractivity contribution >= 4 is 15.7 Å². The quantitative estimate of drug-likeness (QED) is 0.656. The predicted octanol–water partition coefficient (Wildman–Crippen LogP) is -1.77. The first-order chi connectivity index (χ1) is 8.35. The molecule has 2 heterocycles. The molecule has 0 unspecified atom stereocenters. The van der Waals surface area contributed by atoms with E-state index in [2.05, 4.69) is 4.98 Å². The molecule has 3 N–H and O–H groups in total. The van der Waals surface area contributed by atoms with Crippen LogP contribution in [0, 0.1) is 5.82 Å². The number of anilines is 1. The summed E-state index contributed by atoms with van der Waals surface area (Å²) < 4.78 is 41.8. The lowest BCUT2D eigenvalue weighted by atomic mass is 10.5. The third-order valence-corrected chi connectivity index (χ3v) is 4.29. The highest BCUT2D eigenvalue weighted by molar-refractivity contribution is 7.92. The molecule has 1 fully saturated rings. The van der Waals surface area contributed by atoms with Gasteiger partial charge in [-0.3, -0.25) is 4.57 Å². The summed E-state index contributed by atoms with van der Waals surface area (Å²) >= 11 is 0. The van der Waals surface area contributed by atoms with E-state index in [-0.39, 0.29) is 0 Å². The summed E-state index contributed by atoms with van der Waals surface area (Å²) in [6.07, 6.45) is -0.493. The van der Waals surface area contributed by atoms with Crippen molar-refractivity contribution in [3.63, 3.8) is 0 Å². The Balaban J connectivity index is 2.41. The van der Waals surface area contributed by atoms with Crippen molar-refractivity contribution in [2.75, 3.05) is 18.1 Å². The molecule has 0 aliphatic carbocycles. The van der Waals surface area contributed by atoms with Gasteiger partial charge in [-0.15, -0.1) is 0 Å². The molecule has 1 saturated heterocycles. The lowest BCUT2D eigenvalue weighted by Gasteiger charge is -2.12. The maximum absolute atomic E-state index is 13.2. The number of ether oxygens (including phenoxy) is 1. The average molecular weight is 279 g/mol. The topological polar surface area (TPSA) is 125 Å². The number of nitrogens with two attached hydrogens (primary N) is 1. The third kappa shape index (κ3) is 2.09. The third-order valence-electron chi connectivity index (χ3n) is 2.48. The normalized spacial score (nSPS) is 26.3. The number of halogens is 1. The molecule has 2 atom stereocenters. The Labute approximate surface area is 101 Å². The molecule has 18 heavy (non-hydrogen) atoms. The van der Waals surface area contributed by atoms with E-state index in [4.69, 9.17) is 15.6 Å². The predicted molar refractivity (Wildman–Crippen MR) is 57.7 cm³/mol. The highest BCUT2D eigenvalue weighted by atomic mass is 32.2. The van der Waals surface area contributed by atoms with Gasteiger partial charge in [0.25, 0.3) is 0 Å². The largest absolute Gasteiger partial charge is 0.393 e. The first-order valence-corrected chi connectivity index (χ1v) is 6.58. The summed E-state index contributed by atoms with van der Waals surface area (Å²) in [4.78, 5) is 14.6. The minimum absolute atomic E-state index is 0.539. The molecule has 10 heteroatoms. The Kier molecular flexibility index (Phi) is 3.09. The van der Waals surface area contributed by atoms with Gasteiger partial charge in [0, 0.05) is 0 Å². The van der Waals surface area contributed by atoms with Crippen molar-refractivity contribution in [3.05, 3.63) is 22.5 Å². The van der Waals surface area contributed by atoms with Crippen LogP contribution < -0.4 is 11.4 Å². The lowest BCUT2D eigenvalue weighted by Crippen LogP contribution is -2.29. The van der Waals surface area contributed by atoms with Crippen molar-refractivity contribution in [1.82, 2.24) is 9.55 Å². The average Bonchev–Trinajstić information content (AvgIpc) is 2.58. The summed E-state index contributed by atoms with van der Waals surface area (Å²) in [7, 11) is -3.69. The van der Waals surface area contributed by atoms with Crippen molar-refractivity contribution in [3.8, 4) is 0 Å². The fourth-order valence-corrected chi connectivity index (χ4v) is 2.95. The van der Waals surface area contributed by atoms with Crippen LogP contribution in [0.2, 0.25) is 0 Å². The Morgan fingerprint density at radius 1 is 1.67 bits per heavy atom. The van der Waals surface area contributed by atoms with Gasteiger partial charge in [-0.1, -0.05) is 0 Å². The van der Waals surface area contributed by atoms with Crippen LogP contribution in [0.4, 0.5) is 10.2 Å². The molecular formula is C8H10FN3O5S. The van der Waals surface area contributed by atoms with E-state index in [1.54, 1.807) is 0 Å². The maximum atomic E-state index is 13.2. The zero-order chi connectivity index (χ0) is 13.5. The SMILES string of the molecule is Nc1nc(=O)n([C@@H]2CS(=O)(=O)[C@H](CO)O2)cc1F.